The molecule has 0 aliphatic carbocycles. The Morgan fingerprint density at radius 1 is 1.42 bits per heavy atom. The molecule has 1 aromatic carbocycles. The van der Waals surface area contributed by atoms with Crippen LogP contribution in [0.25, 0.3) is 0 Å². The van der Waals surface area contributed by atoms with Crippen LogP contribution >= 0.6 is 11.6 Å². The van der Waals surface area contributed by atoms with Crippen molar-refractivity contribution in [2.45, 2.75) is 13.8 Å². The minimum absolute atomic E-state index is 0.554. The van der Waals surface area contributed by atoms with Gasteiger partial charge in [-0.3, -0.25) is 4.79 Å². The van der Waals surface area contributed by atoms with E-state index in [0.717, 1.165) is 11.3 Å². The molecule has 1 N–H and O–H groups in total. The van der Waals surface area contributed by atoms with E-state index in [2.05, 4.69) is 5.32 Å². The smallest absolute Gasteiger partial charge is 0.312 e. The molecule has 0 aliphatic heterocycles. The first kappa shape index (κ1) is 9.07. The van der Waals surface area contributed by atoms with Gasteiger partial charge in [-0.05, 0) is 37.1 Å². The van der Waals surface area contributed by atoms with Crippen molar-refractivity contribution in [2.24, 2.45) is 0 Å². The van der Waals surface area contributed by atoms with Gasteiger partial charge in [-0.15, -0.1) is 0 Å². The summed E-state index contributed by atoms with van der Waals surface area (Å²) < 4.78 is 0. The second-order valence-corrected chi connectivity index (χ2v) is 3.06. The summed E-state index contributed by atoms with van der Waals surface area (Å²) >= 11 is 5.17. The van der Waals surface area contributed by atoms with Crippen molar-refractivity contribution >= 4 is 22.7 Å². The van der Waals surface area contributed by atoms with Gasteiger partial charge in [-0.25, -0.2) is 0 Å². The van der Waals surface area contributed by atoms with Crippen LogP contribution in [0.1, 0.15) is 11.1 Å². The van der Waals surface area contributed by atoms with Crippen molar-refractivity contribution in [3.8, 4) is 0 Å². The van der Waals surface area contributed by atoms with E-state index in [0.29, 0.717) is 0 Å². The predicted molar refractivity (Wildman–Crippen MR) is 50.8 cm³/mol. The fraction of sp³-hybridized carbons (Fsp3) is 0.222. The van der Waals surface area contributed by atoms with E-state index in [1.807, 2.05) is 32.0 Å². The molecule has 1 aromatic rings. The van der Waals surface area contributed by atoms with Crippen molar-refractivity contribution < 1.29 is 4.79 Å². The van der Waals surface area contributed by atoms with Crippen LogP contribution in [-0.4, -0.2) is 5.37 Å². The molecule has 2 nitrogen and oxygen atoms in total. The zero-order valence-corrected chi connectivity index (χ0v) is 7.77. The van der Waals surface area contributed by atoms with Crippen molar-refractivity contribution in [1.82, 2.24) is 0 Å². The molecule has 1 rings (SSSR count). The predicted octanol–water partition coefficient (Wildman–Crippen LogP) is 3.07. The number of halogens is 1. The Morgan fingerprint density at radius 3 is 2.58 bits per heavy atom. The summed E-state index contributed by atoms with van der Waals surface area (Å²) in [6.07, 6.45) is 0. The van der Waals surface area contributed by atoms with Crippen LogP contribution in [0.2, 0.25) is 0 Å². The molecule has 0 heterocycles. The largest absolute Gasteiger partial charge is 0.318 e. The van der Waals surface area contributed by atoms with E-state index in [-0.39, 0.29) is 0 Å². The highest BCUT2D eigenvalue weighted by atomic mass is 35.5. The van der Waals surface area contributed by atoms with Crippen LogP contribution in [-0.2, 0) is 0 Å². The Bertz CT molecular complexity index is 309. The van der Waals surface area contributed by atoms with E-state index in [4.69, 9.17) is 11.6 Å². The van der Waals surface area contributed by atoms with Gasteiger partial charge in [-0.2, -0.15) is 0 Å². The minimum atomic E-state index is -0.554. The van der Waals surface area contributed by atoms with Crippen LogP contribution < -0.4 is 5.32 Å². The van der Waals surface area contributed by atoms with Gasteiger partial charge in [0.15, 0.2) is 0 Å². The normalized spacial score (nSPS) is 9.58. The summed E-state index contributed by atoms with van der Waals surface area (Å²) in [5, 5.41) is 1.97. The van der Waals surface area contributed by atoms with Crippen molar-refractivity contribution in [1.29, 1.82) is 0 Å². The van der Waals surface area contributed by atoms with Gasteiger partial charge in [0.1, 0.15) is 0 Å². The molecule has 0 spiro atoms. The first-order valence-corrected chi connectivity index (χ1v) is 4.01. The maximum Gasteiger partial charge on any atom is 0.318 e. The van der Waals surface area contributed by atoms with Gasteiger partial charge in [0.2, 0.25) is 0 Å². The molecule has 0 fully saturated rings. The van der Waals surface area contributed by atoms with Gasteiger partial charge in [0, 0.05) is 5.69 Å². The average Bonchev–Trinajstić information content (AvgIpc) is 1.94. The van der Waals surface area contributed by atoms with E-state index in [1.165, 1.54) is 5.56 Å². The summed E-state index contributed by atoms with van der Waals surface area (Å²) in [6, 6.07) is 5.75. The Balaban J connectivity index is 2.93. The molecular formula is C9H10ClNO. The third-order valence-corrected chi connectivity index (χ3v) is 1.71. The fourth-order valence-electron chi connectivity index (χ4n) is 1.06. The summed E-state index contributed by atoms with van der Waals surface area (Å²) in [7, 11) is 0. The van der Waals surface area contributed by atoms with Crippen LogP contribution in [0, 0.1) is 13.8 Å². The van der Waals surface area contributed by atoms with Gasteiger partial charge in [0.25, 0.3) is 0 Å². The van der Waals surface area contributed by atoms with Crippen LogP contribution in [0.4, 0.5) is 10.5 Å². The standard InChI is InChI=1S/C9H10ClNO/c1-6-3-4-8(7(2)5-6)11-9(10)12/h3-5H,1-2H3,(H,11,12). The van der Waals surface area contributed by atoms with E-state index < -0.39 is 5.37 Å². The molecule has 0 unspecified atom stereocenters. The summed E-state index contributed by atoms with van der Waals surface area (Å²) in [4.78, 5) is 10.5. The van der Waals surface area contributed by atoms with Gasteiger partial charge >= 0.3 is 5.37 Å². The zero-order valence-electron chi connectivity index (χ0n) is 7.02. The lowest BCUT2D eigenvalue weighted by Crippen LogP contribution is -2.02. The average molecular weight is 184 g/mol. The highest BCUT2D eigenvalue weighted by Crippen LogP contribution is 2.16. The first-order valence-electron chi connectivity index (χ1n) is 3.63. The molecule has 12 heavy (non-hydrogen) atoms. The maximum absolute atomic E-state index is 10.5. The Morgan fingerprint density at radius 2 is 2.08 bits per heavy atom. The van der Waals surface area contributed by atoms with E-state index >= 15 is 0 Å². The van der Waals surface area contributed by atoms with Crippen molar-refractivity contribution in [3.63, 3.8) is 0 Å². The lowest BCUT2D eigenvalue weighted by Gasteiger charge is -2.05. The van der Waals surface area contributed by atoms with Crippen LogP contribution in [0.5, 0.6) is 0 Å². The Labute approximate surface area is 76.5 Å². The third-order valence-electron chi connectivity index (χ3n) is 1.61. The minimum Gasteiger partial charge on any atom is -0.312 e. The topological polar surface area (TPSA) is 29.1 Å². The highest BCUT2D eigenvalue weighted by molar-refractivity contribution is 6.65. The number of carbonyl (C=O) groups is 1. The van der Waals surface area contributed by atoms with Crippen LogP contribution in [0.15, 0.2) is 18.2 Å². The van der Waals surface area contributed by atoms with Gasteiger partial charge in [-0.1, -0.05) is 17.7 Å². The van der Waals surface area contributed by atoms with Crippen molar-refractivity contribution in [2.75, 3.05) is 5.32 Å². The first-order chi connectivity index (χ1) is 5.59. The number of benzene rings is 1. The number of anilines is 1. The molecule has 0 radical (unpaired) electrons. The SMILES string of the molecule is Cc1ccc(NC(=O)Cl)c(C)c1. The van der Waals surface area contributed by atoms with E-state index in [9.17, 15) is 4.79 Å². The Kier molecular flexibility index (Phi) is 2.71. The van der Waals surface area contributed by atoms with Crippen molar-refractivity contribution in [3.05, 3.63) is 29.3 Å². The quantitative estimate of drug-likeness (QED) is 0.526. The second kappa shape index (κ2) is 3.59. The second-order valence-electron chi connectivity index (χ2n) is 2.72. The van der Waals surface area contributed by atoms with Gasteiger partial charge in [0.05, 0.1) is 0 Å². The molecule has 1 amide bonds. The molecular weight excluding hydrogens is 174 g/mol. The number of hydrogen-bond acceptors (Lipinski definition) is 1. The number of amides is 1. The summed E-state index contributed by atoms with van der Waals surface area (Å²) in [6.45, 7) is 3.93. The summed E-state index contributed by atoms with van der Waals surface area (Å²) in [5.74, 6) is 0. The number of hydrogen-bond donors (Lipinski definition) is 1. The molecule has 0 aromatic heterocycles. The summed E-state index contributed by atoms with van der Waals surface area (Å²) in [5.41, 5.74) is 2.95. The maximum atomic E-state index is 10.5. The van der Waals surface area contributed by atoms with E-state index in [1.54, 1.807) is 0 Å². The monoisotopic (exact) mass is 183 g/mol. The lowest BCUT2D eigenvalue weighted by atomic mass is 10.1. The number of nitrogens with one attached hydrogen (secondary N) is 1. The number of aryl methyl sites for hydroxylation is 2. The molecule has 0 aliphatic rings. The molecule has 3 heteroatoms. The van der Waals surface area contributed by atoms with Crippen LogP contribution in [0.3, 0.4) is 0 Å². The highest BCUT2D eigenvalue weighted by Gasteiger charge is 2.00. The fourth-order valence-corrected chi connectivity index (χ4v) is 1.16. The molecule has 0 saturated carbocycles. The molecule has 0 bridgehead atoms. The lowest BCUT2D eigenvalue weighted by molar-refractivity contribution is 0.269. The Hall–Kier alpha value is -1.02. The molecule has 64 valence electrons. The number of rotatable bonds is 1. The third kappa shape index (κ3) is 2.24. The zero-order chi connectivity index (χ0) is 9.14. The molecule has 0 saturated heterocycles. The number of carbonyl (C=O) groups excluding carboxylic acids is 1. The van der Waals surface area contributed by atoms with Gasteiger partial charge < -0.3 is 5.32 Å². The molecule has 0 atom stereocenters.